The van der Waals surface area contributed by atoms with Crippen LogP contribution >= 0.6 is 11.6 Å². The van der Waals surface area contributed by atoms with Gasteiger partial charge in [0.05, 0.1) is 24.5 Å². The van der Waals surface area contributed by atoms with E-state index in [1.165, 1.54) is 10.4 Å². The number of aryl methyl sites for hydroxylation is 1. The topological polar surface area (TPSA) is 78.6 Å². The van der Waals surface area contributed by atoms with E-state index in [9.17, 15) is 13.9 Å². The Bertz CT molecular complexity index is 1160. The van der Waals surface area contributed by atoms with Gasteiger partial charge in [-0.15, -0.1) is 0 Å². The third kappa shape index (κ3) is 5.46. The quantitative estimate of drug-likeness (QED) is 0.402. The van der Waals surface area contributed by atoms with Crippen molar-refractivity contribution in [3.63, 3.8) is 0 Å². The summed E-state index contributed by atoms with van der Waals surface area (Å²) < 4.78 is 40.5. The molecule has 1 heterocycles. The zero-order valence-electron chi connectivity index (χ0n) is 19.2. The molecule has 0 aliphatic rings. The average Bonchev–Trinajstić information content (AvgIpc) is 3.03. The van der Waals surface area contributed by atoms with Crippen LogP contribution in [0.5, 0.6) is 0 Å². The molecule has 9 heteroatoms. The maximum Gasteiger partial charge on any atom is 0.262 e. The van der Waals surface area contributed by atoms with Crippen LogP contribution in [0.4, 0.5) is 10.1 Å². The van der Waals surface area contributed by atoms with E-state index in [4.69, 9.17) is 11.6 Å². The molecule has 3 rings (SSSR count). The third-order valence-corrected chi connectivity index (χ3v) is 6.67. The number of imidazole rings is 1. The summed E-state index contributed by atoms with van der Waals surface area (Å²) in [5, 5.41) is 9.95. The first-order chi connectivity index (χ1) is 15.6. The number of benzene rings is 2. The monoisotopic (exact) mass is 493 g/mol. The summed E-state index contributed by atoms with van der Waals surface area (Å²) in [6.45, 7) is 7.43. The maximum absolute atomic E-state index is 15.3. The molecule has 3 aromatic rings. The summed E-state index contributed by atoms with van der Waals surface area (Å²) in [6.07, 6.45) is 1.50. The molecular formula is C24H29ClFN3O3S. The summed E-state index contributed by atoms with van der Waals surface area (Å²) >= 11 is 3.91. The second kappa shape index (κ2) is 10.3. The van der Waals surface area contributed by atoms with Gasteiger partial charge in [0.1, 0.15) is 11.6 Å². The fraction of sp³-hybridized carbons (Fsp3) is 0.375. The third-order valence-electron chi connectivity index (χ3n) is 5.31. The van der Waals surface area contributed by atoms with Crippen LogP contribution in [0.3, 0.4) is 0 Å². The van der Waals surface area contributed by atoms with Crippen molar-refractivity contribution in [2.75, 3.05) is 4.31 Å². The van der Waals surface area contributed by atoms with E-state index >= 15 is 4.39 Å². The second-order valence-corrected chi connectivity index (χ2v) is 9.96. The summed E-state index contributed by atoms with van der Waals surface area (Å²) in [7, 11) is 0. The van der Waals surface area contributed by atoms with Crippen molar-refractivity contribution in [3.05, 3.63) is 70.5 Å². The zero-order chi connectivity index (χ0) is 24.3. The average molecular weight is 494 g/mol. The number of hydrogen-bond donors (Lipinski definition) is 2. The molecule has 0 aliphatic carbocycles. The predicted octanol–water partition coefficient (Wildman–Crippen LogP) is 5.58. The van der Waals surface area contributed by atoms with Crippen molar-refractivity contribution in [3.8, 4) is 11.1 Å². The number of aliphatic hydroxyl groups excluding tert-OH is 1. The van der Waals surface area contributed by atoms with Crippen LogP contribution in [-0.4, -0.2) is 29.0 Å². The fourth-order valence-electron chi connectivity index (χ4n) is 3.85. The van der Waals surface area contributed by atoms with Gasteiger partial charge in [-0.05, 0) is 44.9 Å². The Labute approximate surface area is 201 Å². The Balaban J connectivity index is 2.03. The number of aromatic nitrogens is 2. The molecular weight excluding hydrogens is 465 g/mol. The second-order valence-electron chi connectivity index (χ2n) is 8.78. The largest absolute Gasteiger partial charge is 0.390 e. The van der Waals surface area contributed by atoms with Gasteiger partial charge < -0.3 is 9.67 Å². The first kappa shape index (κ1) is 25.4. The number of hydrogen-bond acceptors (Lipinski definition) is 3. The lowest BCUT2D eigenvalue weighted by Gasteiger charge is -2.35. The molecule has 0 radical (unpaired) electrons. The highest BCUT2D eigenvalue weighted by Crippen LogP contribution is 2.36. The summed E-state index contributed by atoms with van der Waals surface area (Å²) in [4.78, 5) is 4.32. The Kier molecular flexibility index (Phi) is 7.95. The zero-order valence-corrected chi connectivity index (χ0v) is 20.8. The van der Waals surface area contributed by atoms with Gasteiger partial charge in [0.15, 0.2) is 5.15 Å². The van der Waals surface area contributed by atoms with E-state index in [2.05, 4.69) is 4.98 Å². The first-order valence-electron chi connectivity index (χ1n) is 10.7. The Hall–Kier alpha value is -2.26. The SMILES string of the molecule is CCCc1nc(Cl)c(CO)n1Cc1ccc(-c2ccccc2N(S(=O)O)C(C)(C)C)cc1F. The van der Waals surface area contributed by atoms with Crippen LogP contribution in [0.1, 0.15) is 51.2 Å². The van der Waals surface area contributed by atoms with E-state index in [0.29, 0.717) is 40.3 Å². The van der Waals surface area contributed by atoms with Gasteiger partial charge in [-0.3, -0.25) is 8.86 Å². The van der Waals surface area contributed by atoms with Crippen LogP contribution in [0, 0.1) is 5.82 Å². The van der Waals surface area contributed by atoms with E-state index in [1.54, 1.807) is 34.9 Å². The smallest absolute Gasteiger partial charge is 0.262 e. The summed E-state index contributed by atoms with van der Waals surface area (Å²) in [5.41, 5.74) is 2.02. The van der Waals surface area contributed by atoms with Crippen LogP contribution in [0.25, 0.3) is 11.1 Å². The van der Waals surface area contributed by atoms with Gasteiger partial charge in [0.2, 0.25) is 0 Å². The molecule has 178 valence electrons. The van der Waals surface area contributed by atoms with Crippen LogP contribution < -0.4 is 4.31 Å². The van der Waals surface area contributed by atoms with E-state index in [-0.39, 0.29) is 18.3 Å². The van der Waals surface area contributed by atoms with Crippen LogP contribution in [0.15, 0.2) is 42.5 Å². The summed E-state index contributed by atoms with van der Waals surface area (Å²) in [5.74, 6) is 0.275. The minimum atomic E-state index is -2.26. The Morgan fingerprint density at radius 1 is 1.21 bits per heavy atom. The Morgan fingerprint density at radius 3 is 2.48 bits per heavy atom. The van der Waals surface area contributed by atoms with Crippen molar-refractivity contribution in [1.82, 2.24) is 9.55 Å². The first-order valence-corrected chi connectivity index (χ1v) is 12.2. The minimum Gasteiger partial charge on any atom is -0.390 e. The molecule has 1 atom stereocenters. The summed E-state index contributed by atoms with van der Waals surface area (Å²) in [6, 6.07) is 12.0. The number of halogens is 2. The molecule has 1 aromatic heterocycles. The molecule has 0 amide bonds. The molecule has 2 N–H and O–H groups in total. The number of anilines is 1. The van der Waals surface area contributed by atoms with Crippen molar-refractivity contribution in [2.24, 2.45) is 0 Å². The van der Waals surface area contributed by atoms with Crippen molar-refractivity contribution in [1.29, 1.82) is 0 Å². The molecule has 0 saturated heterocycles. The normalized spacial score (nSPS) is 12.7. The highest BCUT2D eigenvalue weighted by molar-refractivity contribution is 7.80. The lowest BCUT2D eigenvalue weighted by atomic mass is 9.99. The highest BCUT2D eigenvalue weighted by atomic mass is 35.5. The molecule has 0 bridgehead atoms. The molecule has 2 aromatic carbocycles. The minimum absolute atomic E-state index is 0.188. The standard InChI is InChI=1S/C24H29ClFN3O3S/c1-5-8-22-27-23(25)21(15-30)28(22)14-17-12-11-16(13-19(17)26)18-9-6-7-10-20(18)29(33(31)32)24(2,3)4/h6-7,9-13,30H,5,8,14-15H2,1-4H3,(H,31,32). The lowest BCUT2D eigenvalue weighted by Crippen LogP contribution is -2.42. The van der Waals surface area contributed by atoms with Gasteiger partial charge in [0, 0.05) is 23.1 Å². The molecule has 33 heavy (non-hydrogen) atoms. The van der Waals surface area contributed by atoms with Gasteiger partial charge in [-0.2, -0.15) is 0 Å². The van der Waals surface area contributed by atoms with Crippen molar-refractivity contribution >= 4 is 28.6 Å². The van der Waals surface area contributed by atoms with Crippen molar-refractivity contribution < 1.29 is 18.3 Å². The van der Waals surface area contributed by atoms with Gasteiger partial charge >= 0.3 is 0 Å². The molecule has 1 unspecified atom stereocenters. The van der Waals surface area contributed by atoms with Gasteiger partial charge in [-0.25, -0.2) is 13.6 Å². The lowest BCUT2D eigenvalue weighted by molar-refractivity contribution is 0.271. The maximum atomic E-state index is 15.3. The molecule has 0 saturated carbocycles. The van der Waals surface area contributed by atoms with E-state index in [0.717, 1.165) is 6.42 Å². The van der Waals surface area contributed by atoms with Gasteiger partial charge in [-0.1, -0.05) is 48.9 Å². The molecule has 6 nitrogen and oxygen atoms in total. The number of rotatable bonds is 8. The van der Waals surface area contributed by atoms with Gasteiger partial charge in [0.25, 0.3) is 11.3 Å². The molecule has 0 aliphatic heterocycles. The Morgan fingerprint density at radius 2 is 1.91 bits per heavy atom. The van der Waals surface area contributed by atoms with E-state index in [1.807, 2.05) is 33.8 Å². The highest BCUT2D eigenvalue weighted by Gasteiger charge is 2.28. The van der Waals surface area contributed by atoms with Crippen LogP contribution in [0.2, 0.25) is 5.15 Å². The number of nitrogens with zero attached hydrogens (tertiary/aromatic N) is 3. The van der Waals surface area contributed by atoms with E-state index < -0.39 is 22.6 Å². The number of para-hydroxylation sites is 1. The predicted molar refractivity (Wildman–Crippen MR) is 131 cm³/mol. The van der Waals surface area contributed by atoms with Crippen LogP contribution in [-0.2, 0) is 30.8 Å². The molecule has 0 spiro atoms. The van der Waals surface area contributed by atoms with Crippen molar-refractivity contribution in [2.45, 2.75) is 59.2 Å². The molecule has 0 fully saturated rings. The fourth-order valence-corrected chi connectivity index (χ4v) is 4.90. The number of aliphatic hydroxyl groups is 1.